The van der Waals surface area contributed by atoms with Gasteiger partial charge in [-0.05, 0) is 18.8 Å². The van der Waals surface area contributed by atoms with Gasteiger partial charge in [0.1, 0.15) is 11.5 Å². The molecule has 0 spiro atoms. The molecule has 0 saturated carbocycles. The van der Waals surface area contributed by atoms with Gasteiger partial charge in [0, 0.05) is 19.5 Å². The summed E-state index contributed by atoms with van der Waals surface area (Å²) >= 11 is 0. The topological polar surface area (TPSA) is 46.9 Å². The van der Waals surface area contributed by atoms with Gasteiger partial charge in [0.15, 0.2) is 0 Å². The highest BCUT2D eigenvalue weighted by Crippen LogP contribution is 2.32. The van der Waals surface area contributed by atoms with Crippen LogP contribution in [0.25, 0.3) is 0 Å². The zero-order valence-electron chi connectivity index (χ0n) is 11.1. The molecule has 4 nitrogen and oxygen atoms in total. The fourth-order valence-corrected chi connectivity index (χ4v) is 2.64. The molecule has 0 saturated heterocycles. The SMILES string of the molecule is CNC(=O)c1nc(C(C)C)n2c1C(C)CCC2. The molecule has 1 aliphatic rings. The van der Waals surface area contributed by atoms with Crippen LogP contribution < -0.4 is 5.32 Å². The fraction of sp³-hybridized carbons (Fsp3) is 0.692. The van der Waals surface area contributed by atoms with Gasteiger partial charge in [0.2, 0.25) is 0 Å². The highest BCUT2D eigenvalue weighted by molar-refractivity contribution is 5.93. The number of hydrogen-bond acceptors (Lipinski definition) is 2. The highest BCUT2D eigenvalue weighted by Gasteiger charge is 2.28. The third kappa shape index (κ3) is 1.96. The maximum atomic E-state index is 11.9. The molecule has 1 aliphatic heterocycles. The van der Waals surface area contributed by atoms with Gasteiger partial charge in [0.05, 0.1) is 5.69 Å². The van der Waals surface area contributed by atoms with Crippen molar-refractivity contribution >= 4 is 5.91 Å². The molecule has 0 aromatic carbocycles. The summed E-state index contributed by atoms with van der Waals surface area (Å²) < 4.78 is 2.25. The summed E-state index contributed by atoms with van der Waals surface area (Å²) in [6, 6.07) is 0. The first kappa shape index (κ1) is 12.1. The summed E-state index contributed by atoms with van der Waals surface area (Å²) in [6.45, 7) is 7.44. The number of rotatable bonds is 2. The van der Waals surface area contributed by atoms with Crippen LogP contribution in [0.3, 0.4) is 0 Å². The molecule has 1 unspecified atom stereocenters. The Hall–Kier alpha value is -1.32. The minimum absolute atomic E-state index is 0.0607. The molecular weight excluding hydrogens is 214 g/mol. The molecular formula is C13H21N3O. The predicted octanol–water partition coefficient (Wildman–Crippen LogP) is 2.26. The van der Waals surface area contributed by atoms with E-state index in [0.717, 1.165) is 24.5 Å². The van der Waals surface area contributed by atoms with Crippen molar-refractivity contribution < 1.29 is 4.79 Å². The molecule has 2 heterocycles. The molecule has 1 N–H and O–H groups in total. The van der Waals surface area contributed by atoms with Gasteiger partial charge in [-0.1, -0.05) is 20.8 Å². The van der Waals surface area contributed by atoms with Crippen LogP contribution in [0.2, 0.25) is 0 Å². The normalized spacial score (nSPS) is 19.2. The second-order valence-electron chi connectivity index (χ2n) is 5.13. The number of hydrogen-bond donors (Lipinski definition) is 1. The monoisotopic (exact) mass is 235 g/mol. The van der Waals surface area contributed by atoms with Crippen molar-refractivity contribution in [1.29, 1.82) is 0 Å². The van der Waals surface area contributed by atoms with E-state index in [0.29, 0.717) is 17.5 Å². The lowest BCUT2D eigenvalue weighted by Crippen LogP contribution is -2.23. The summed E-state index contributed by atoms with van der Waals surface area (Å²) in [6.07, 6.45) is 2.32. The van der Waals surface area contributed by atoms with Crippen LogP contribution in [0.1, 0.15) is 67.5 Å². The molecule has 0 radical (unpaired) electrons. The molecule has 94 valence electrons. The molecule has 0 fully saturated rings. The second-order valence-corrected chi connectivity index (χ2v) is 5.13. The number of aromatic nitrogens is 2. The molecule has 1 atom stereocenters. The van der Waals surface area contributed by atoms with Crippen LogP contribution in [0.5, 0.6) is 0 Å². The van der Waals surface area contributed by atoms with Crippen molar-refractivity contribution in [1.82, 2.24) is 14.9 Å². The minimum Gasteiger partial charge on any atom is -0.354 e. The molecule has 2 rings (SSSR count). The highest BCUT2D eigenvalue weighted by atomic mass is 16.1. The van der Waals surface area contributed by atoms with Crippen molar-refractivity contribution in [3.63, 3.8) is 0 Å². The third-order valence-electron chi connectivity index (χ3n) is 3.48. The van der Waals surface area contributed by atoms with Crippen molar-refractivity contribution in [3.8, 4) is 0 Å². The van der Waals surface area contributed by atoms with E-state index in [4.69, 9.17) is 0 Å². The molecule has 1 aromatic heterocycles. The summed E-state index contributed by atoms with van der Waals surface area (Å²) in [4.78, 5) is 16.4. The third-order valence-corrected chi connectivity index (χ3v) is 3.48. The molecule has 1 aromatic rings. The van der Waals surface area contributed by atoms with Gasteiger partial charge >= 0.3 is 0 Å². The van der Waals surface area contributed by atoms with E-state index in [1.54, 1.807) is 7.05 Å². The van der Waals surface area contributed by atoms with Gasteiger partial charge in [-0.3, -0.25) is 4.79 Å². The Bertz CT molecular complexity index is 434. The first-order chi connectivity index (χ1) is 8.06. The second kappa shape index (κ2) is 4.51. The van der Waals surface area contributed by atoms with E-state index in [9.17, 15) is 4.79 Å². The molecule has 0 bridgehead atoms. The molecule has 4 heteroatoms. The van der Waals surface area contributed by atoms with Crippen LogP contribution in [-0.4, -0.2) is 22.5 Å². The van der Waals surface area contributed by atoms with Crippen LogP contribution in [0.4, 0.5) is 0 Å². The number of nitrogens with zero attached hydrogens (tertiary/aromatic N) is 2. The zero-order chi connectivity index (χ0) is 12.6. The Morgan fingerprint density at radius 3 is 2.82 bits per heavy atom. The number of carbonyl (C=O) groups is 1. The lowest BCUT2D eigenvalue weighted by atomic mass is 9.96. The van der Waals surface area contributed by atoms with E-state index in [-0.39, 0.29) is 5.91 Å². The van der Waals surface area contributed by atoms with Crippen LogP contribution in [0, 0.1) is 0 Å². The first-order valence-corrected chi connectivity index (χ1v) is 6.38. The van der Waals surface area contributed by atoms with Crippen LogP contribution >= 0.6 is 0 Å². The lowest BCUT2D eigenvalue weighted by Gasteiger charge is -2.23. The van der Waals surface area contributed by atoms with E-state index >= 15 is 0 Å². The summed E-state index contributed by atoms with van der Waals surface area (Å²) in [7, 11) is 1.66. The number of nitrogens with one attached hydrogen (secondary N) is 1. The smallest absolute Gasteiger partial charge is 0.271 e. The summed E-state index contributed by atoms with van der Waals surface area (Å²) in [5.74, 6) is 1.77. The van der Waals surface area contributed by atoms with Gasteiger partial charge < -0.3 is 9.88 Å². The first-order valence-electron chi connectivity index (χ1n) is 6.38. The Kier molecular flexibility index (Phi) is 3.22. The van der Waals surface area contributed by atoms with Gasteiger partial charge in [-0.2, -0.15) is 0 Å². The summed E-state index contributed by atoms with van der Waals surface area (Å²) in [5.41, 5.74) is 1.75. The lowest BCUT2D eigenvalue weighted by molar-refractivity contribution is 0.0956. The minimum atomic E-state index is -0.0607. The van der Waals surface area contributed by atoms with Crippen molar-refractivity contribution in [2.45, 2.75) is 52.0 Å². The Labute approximate surface area is 102 Å². The van der Waals surface area contributed by atoms with E-state index in [1.165, 1.54) is 6.42 Å². The summed E-state index contributed by atoms with van der Waals surface area (Å²) in [5, 5.41) is 2.69. The quantitative estimate of drug-likeness (QED) is 0.854. The number of carbonyl (C=O) groups excluding carboxylic acids is 1. The number of fused-ring (bicyclic) bond motifs is 1. The number of amides is 1. The van der Waals surface area contributed by atoms with Crippen molar-refractivity contribution in [3.05, 3.63) is 17.2 Å². The fourth-order valence-electron chi connectivity index (χ4n) is 2.64. The van der Waals surface area contributed by atoms with Gasteiger partial charge in [0.25, 0.3) is 5.91 Å². The molecule has 17 heavy (non-hydrogen) atoms. The van der Waals surface area contributed by atoms with Crippen molar-refractivity contribution in [2.75, 3.05) is 7.05 Å². The molecule has 0 aliphatic carbocycles. The van der Waals surface area contributed by atoms with Crippen molar-refractivity contribution in [2.24, 2.45) is 0 Å². The van der Waals surface area contributed by atoms with Crippen LogP contribution in [0.15, 0.2) is 0 Å². The zero-order valence-corrected chi connectivity index (χ0v) is 11.1. The van der Waals surface area contributed by atoms with E-state index in [2.05, 4.69) is 35.6 Å². The maximum absolute atomic E-state index is 11.9. The van der Waals surface area contributed by atoms with E-state index in [1.807, 2.05) is 0 Å². The maximum Gasteiger partial charge on any atom is 0.271 e. The molecule has 1 amide bonds. The Morgan fingerprint density at radius 2 is 2.24 bits per heavy atom. The standard InChI is InChI=1S/C13H21N3O/c1-8(2)12-15-10(13(17)14-4)11-9(3)6-5-7-16(11)12/h8-9H,5-7H2,1-4H3,(H,14,17). The average Bonchev–Trinajstić information content (AvgIpc) is 2.69. The largest absolute Gasteiger partial charge is 0.354 e. The Balaban J connectivity index is 2.57. The average molecular weight is 235 g/mol. The van der Waals surface area contributed by atoms with E-state index < -0.39 is 0 Å². The predicted molar refractivity (Wildman–Crippen MR) is 67.4 cm³/mol. The Morgan fingerprint density at radius 1 is 1.53 bits per heavy atom. The van der Waals surface area contributed by atoms with Gasteiger partial charge in [-0.25, -0.2) is 4.98 Å². The van der Waals surface area contributed by atoms with Crippen LogP contribution in [-0.2, 0) is 6.54 Å². The van der Waals surface area contributed by atoms with Gasteiger partial charge in [-0.15, -0.1) is 0 Å². The number of imidazole rings is 1.